The van der Waals surface area contributed by atoms with Gasteiger partial charge in [-0.05, 0) is 36.3 Å². The molecule has 0 aliphatic carbocycles. The second-order valence-electron chi connectivity index (χ2n) is 4.10. The van der Waals surface area contributed by atoms with E-state index >= 15 is 0 Å². The van der Waals surface area contributed by atoms with Gasteiger partial charge in [-0.2, -0.15) is 0 Å². The monoisotopic (exact) mass is 235 g/mol. The van der Waals surface area contributed by atoms with Crippen molar-refractivity contribution in [1.29, 1.82) is 0 Å². The van der Waals surface area contributed by atoms with Gasteiger partial charge in [0.2, 0.25) is 0 Å². The fraction of sp³-hybridized carbons (Fsp3) is 0.0588. The maximum absolute atomic E-state index is 3.94. The zero-order valence-electron chi connectivity index (χ0n) is 10.6. The zero-order valence-corrected chi connectivity index (χ0v) is 10.6. The SMILES string of the molecule is C=C(/C=C\C)Nc1cccc(-c2ccccc2)c1. The minimum absolute atomic E-state index is 0.891. The summed E-state index contributed by atoms with van der Waals surface area (Å²) in [6.45, 7) is 5.92. The van der Waals surface area contributed by atoms with Crippen molar-refractivity contribution in [3.05, 3.63) is 79.0 Å². The molecule has 0 heterocycles. The Morgan fingerprint density at radius 1 is 1.00 bits per heavy atom. The maximum atomic E-state index is 3.94. The number of hydrogen-bond donors (Lipinski definition) is 1. The number of anilines is 1. The van der Waals surface area contributed by atoms with Gasteiger partial charge in [0.05, 0.1) is 0 Å². The molecular formula is C17H17N. The lowest BCUT2D eigenvalue weighted by molar-refractivity contribution is 1.48. The molecule has 1 heteroatoms. The quantitative estimate of drug-likeness (QED) is 0.746. The van der Waals surface area contributed by atoms with Gasteiger partial charge in [-0.1, -0.05) is 55.1 Å². The van der Waals surface area contributed by atoms with E-state index in [1.165, 1.54) is 11.1 Å². The third-order valence-corrected chi connectivity index (χ3v) is 2.64. The lowest BCUT2D eigenvalue weighted by Crippen LogP contribution is -1.94. The average Bonchev–Trinajstić information content (AvgIpc) is 2.40. The first-order valence-corrected chi connectivity index (χ1v) is 6.03. The van der Waals surface area contributed by atoms with Gasteiger partial charge in [0.15, 0.2) is 0 Å². The highest BCUT2D eigenvalue weighted by Crippen LogP contribution is 2.22. The number of benzene rings is 2. The molecule has 0 amide bonds. The average molecular weight is 235 g/mol. The third-order valence-electron chi connectivity index (χ3n) is 2.64. The molecule has 0 fully saturated rings. The van der Waals surface area contributed by atoms with E-state index in [4.69, 9.17) is 0 Å². The normalized spacial score (nSPS) is 10.5. The van der Waals surface area contributed by atoms with Crippen LogP contribution < -0.4 is 5.32 Å². The van der Waals surface area contributed by atoms with Crippen molar-refractivity contribution in [2.24, 2.45) is 0 Å². The Balaban J connectivity index is 2.23. The molecule has 0 bridgehead atoms. The van der Waals surface area contributed by atoms with Crippen LogP contribution in [-0.2, 0) is 0 Å². The molecule has 0 aromatic heterocycles. The second-order valence-corrected chi connectivity index (χ2v) is 4.10. The van der Waals surface area contributed by atoms with Crippen LogP contribution >= 0.6 is 0 Å². The number of nitrogens with one attached hydrogen (secondary N) is 1. The van der Waals surface area contributed by atoms with Crippen LogP contribution in [0.2, 0.25) is 0 Å². The summed E-state index contributed by atoms with van der Waals surface area (Å²) < 4.78 is 0. The van der Waals surface area contributed by atoms with E-state index < -0.39 is 0 Å². The van der Waals surface area contributed by atoms with Crippen molar-refractivity contribution in [1.82, 2.24) is 0 Å². The van der Waals surface area contributed by atoms with Gasteiger partial charge >= 0.3 is 0 Å². The predicted octanol–water partition coefficient (Wildman–Crippen LogP) is 4.86. The summed E-state index contributed by atoms with van der Waals surface area (Å²) in [7, 11) is 0. The van der Waals surface area contributed by atoms with Gasteiger partial charge in [-0.3, -0.25) is 0 Å². The highest BCUT2D eigenvalue weighted by molar-refractivity contribution is 5.68. The Morgan fingerprint density at radius 2 is 1.72 bits per heavy atom. The van der Waals surface area contributed by atoms with Gasteiger partial charge < -0.3 is 5.32 Å². The smallest absolute Gasteiger partial charge is 0.0390 e. The largest absolute Gasteiger partial charge is 0.356 e. The van der Waals surface area contributed by atoms with Crippen molar-refractivity contribution < 1.29 is 0 Å². The van der Waals surface area contributed by atoms with Gasteiger partial charge in [0.1, 0.15) is 0 Å². The van der Waals surface area contributed by atoms with Gasteiger partial charge in [0.25, 0.3) is 0 Å². The molecule has 0 aliphatic heterocycles. The summed E-state index contributed by atoms with van der Waals surface area (Å²) in [5.41, 5.74) is 4.37. The molecule has 90 valence electrons. The van der Waals surface area contributed by atoms with Crippen LogP contribution in [-0.4, -0.2) is 0 Å². The molecule has 2 aromatic rings. The fourth-order valence-electron chi connectivity index (χ4n) is 1.84. The minimum Gasteiger partial charge on any atom is -0.356 e. The van der Waals surface area contributed by atoms with E-state index in [-0.39, 0.29) is 0 Å². The Labute approximate surface area is 108 Å². The van der Waals surface area contributed by atoms with Crippen LogP contribution in [0.1, 0.15) is 6.92 Å². The van der Waals surface area contributed by atoms with E-state index in [1.807, 2.05) is 49.4 Å². The Bertz CT molecular complexity index is 553. The van der Waals surface area contributed by atoms with Crippen LogP contribution in [0.25, 0.3) is 11.1 Å². The van der Waals surface area contributed by atoms with Gasteiger partial charge in [0, 0.05) is 11.4 Å². The predicted molar refractivity (Wildman–Crippen MR) is 79.5 cm³/mol. The fourth-order valence-corrected chi connectivity index (χ4v) is 1.84. The van der Waals surface area contributed by atoms with E-state index in [9.17, 15) is 0 Å². The number of hydrogen-bond acceptors (Lipinski definition) is 1. The molecule has 1 N–H and O–H groups in total. The van der Waals surface area contributed by atoms with E-state index in [0.717, 1.165) is 11.4 Å². The maximum Gasteiger partial charge on any atom is 0.0390 e. The lowest BCUT2D eigenvalue weighted by atomic mass is 10.1. The van der Waals surface area contributed by atoms with Gasteiger partial charge in [-0.25, -0.2) is 0 Å². The van der Waals surface area contributed by atoms with E-state index in [2.05, 4.69) is 36.2 Å². The number of allylic oxidation sites excluding steroid dienone is 2. The van der Waals surface area contributed by atoms with Crippen molar-refractivity contribution in [2.75, 3.05) is 5.32 Å². The molecule has 18 heavy (non-hydrogen) atoms. The van der Waals surface area contributed by atoms with Crippen LogP contribution in [0, 0.1) is 0 Å². The first-order chi connectivity index (χ1) is 8.79. The summed E-state index contributed by atoms with van der Waals surface area (Å²) in [5, 5.41) is 3.27. The Kier molecular flexibility index (Phi) is 3.98. The van der Waals surface area contributed by atoms with Crippen LogP contribution in [0.4, 0.5) is 5.69 Å². The molecule has 0 aliphatic rings. The van der Waals surface area contributed by atoms with Crippen LogP contribution in [0.15, 0.2) is 79.0 Å². The zero-order chi connectivity index (χ0) is 12.8. The summed E-state index contributed by atoms with van der Waals surface area (Å²) in [6.07, 6.45) is 3.92. The molecule has 1 nitrogen and oxygen atoms in total. The van der Waals surface area contributed by atoms with Gasteiger partial charge in [-0.15, -0.1) is 0 Å². The Hall–Kier alpha value is -2.28. The molecule has 0 unspecified atom stereocenters. The standard InChI is InChI=1S/C17H17N/c1-3-8-14(2)18-17-12-7-11-16(13-17)15-9-5-4-6-10-15/h3-13,18H,2H2,1H3/b8-3-. The second kappa shape index (κ2) is 5.87. The molecule has 2 rings (SSSR count). The first kappa shape index (κ1) is 12.2. The summed E-state index contributed by atoms with van der Waals surface area (Å²) in [5.74, 6) is 0. The molecule has 0 saturated carbocycles. The Morgan fingerprint density at radius 3 is 2.44 bits per heavy atom. The van der Waals surface area contributed by atoms with E-state index in [0.29, 0.717) is 0 Å². The van der Waals surface area contributed by atoms with Crippen molar-refractivity contribution in [2.45, 2.75) is 6.92 Å². The third kappa shape index (κ3) is 3.11. The minimum atomic E-state index is 0.891. The van der Waals surface area contributed by atoms with Crippen molar-refractivity contribution in [3.8, 4) is 11.1 Å². The highest BCUT2D eigenvalue weighted by Gasteiger charge is 1.98. The lowest BCUT2D eigenvalue weighted by Gasteiger charge is -2.08. The van der Waals surface area contributed by atoms with Crippen molar-refractivity contribution in [3.63, 3.8) is 0 Å². The topological polar surface area (TPSA) is 12.0 Å². The van der Waals surface area contributed by atoms with E-state index in [1.54, 1.807) is 0 Å². The summed E-state index contributed by atoms with van der Waals surface area (Å²) in [4.78, 5) is 0. The summed E-state index contributed by atoms with van der Waals surface area (Å²) in [6, 6.07) is 18.7. The number of rotatable bonds is 4. The molecule has 0 saturated heterocycles. The van der Waals surface area contributed by atoms with Crippen molar-refractivity contribution >= 4 is 5.69 Å². The molecular weight excluding hydrogens is 218 g/mol. The molecule has 2 aromatic carbocycles. The highest BCUT2D eigenvalue weighted by atomic mass is 14.9. The first-order valence-electron chi connectivity index (χ1n) is 6.03. The molecule has 0 spiro atoms. The van der Waals surface area contributed by atoms with Crippen LogP contribution in [0.3, 0.4) is 0 Å². The summed E-state index contributed by atoms with van der Waals surface area (Å²) >= 11 is 0. The molecule has 0 atom stereocenters. The molecule has 0 radical (unpaired) electrons. The van der Waals surface area contributed by atoms with Crippen LogP contribution in [0.5, 0.6) is 0 Å².